The maximum absolute atomic E-state index is 5.17. The standard InChI is InChI=1S/C13H13NO/c1-10-8-12(15-2)5-6-13(10)11-4-3-7-14-9-11/h3-9H,1-2H3. The summed E-state index contributed by atoms with van der Waals surface area (Å²) < 4.78 is 5.17. The van der Waals surface area contributed by atoms with Gasteiger partial charge in [0.2, 0.25) is 0 Å². The molecule has 0 aliphatic rings. The molecule has 0 bridgehead atoms. The van der Waals surface area contributed by atoms with Crippen LogP contribution < -0.4 is 4.74 Å². The summed E-state index contributed by atoms with van der Waals surface area (Å²) in [6, 6.07) is 10.1. The van der Waals surface area contributed by atoms with Gasteiger partial charge in [0.15, 0.2) is 0 Å². The van der Waals surface area contributed by atoms with Crippen LogP contribution in [-0.4, -0.2) is 12.1 Å². The average molecular weight is 199 g/mol. The molecule has 1 aromatic carbocycles. The molecule has 0 N–H and O–H groups in total. The predicted octanol–water partition coefficient (Wildman–Crippen LogP) is 3.07. The lowest BCUT2D eigenvalue weighted by Crippen LogP contribution is -1.87. The predicted molar refractivity (Wildman–Crippen MR) is 61.0 cm³/mol. The Hall–Kier alpha value is -1.83. The average Bonchev–Trinajstić information content (AvgIpc) is 2.30. The van der Waals surface area contributed by atoms with Crippen molar-refractivity contribution in [2.75, 3.05) is 7.11 Å². The van der Waals surface area contributed by atoms with Crippen LogP contribution in [0.15, 0.2) is 42.7 Å². The van der Waals surface area contributed by atoms with E-state index in [1.165, 1.54) is 11.1 Å². The second-order valence-corrected chi connectivity index (χ2v) is 3.42. The monoisotopic (exact) mass is 199 g/mol. The number of hydrogen-bond acceptors (Lipinski definition) is 2. The first-order valence-corrected chi connectivity index (χ1v) is 4.86. The van der Waals surface area contributed by atoms with Crippen LogP contribution in [-0.2, 0) is 0 Å². The molecule has 2 nitrogen and oxygen atoms in total. The Labute approximate surface area is 89.6 Å². The SMILES string of the molecule is COc1ccc(-c2cccnc2)c(C)c1. The molecule has 1 aromatic heterocycles. The number of benzene rings is 1. The number of methoxy groups -OCH3 is 1. The topological polar surface area (TPSA) is 22.1 Å². The van der Waals surface area contributed by atoms with Gasteiger partial charge in [-0.25, -0.2) is 0 Å². The second kappa shape index (κ2) is 4.13. The van der Waals surface area contributed by atoms with E-state index in [-0.39, 0.29) is 0 Å². The Kier molecular flexibility index (Phi) is 2.68. The van der Waals surface area contributed by atoms with E-state index in [0.717, 1.165) is 11.3 Å². The van der Waals surface area contributed by atoms with E-state index in [2.05, 4.69) is 24.0 Å². The van der Waals surface area contributed by atoms with Gasteiger partial charge in [0.05, 0.1) is 7.11 Å². The molecule has 2 aromatic rings. The van der Waals surface area contributed by atoms with Crippen molar-refractivity contribution in [1.29, 1.82) is 0 Å². The summed E-state index contributed by atoms with van der Waals surface area (Å²) in [7, 11) is 1.68. The van der Waals surface area contributed by atoms with Gasteiger partial charge in [0.25, 0.3) is 0 Å². The fraction of sp³-hybridized carbons (Fsp3) is 0.154. The minimum Gasteiger partial charge on any atom is -0.497 e. The van der Waals surface area contributed by atoms with E-state index in [9.17, 15) is 0 Å². The van der Waals surface area contributed by atoms with E-state index in [1.54, 1.807) is 13.3 Å². The number of ether oxygens (including phenoxy) is 1. The van der Waals surface area contributed by atoms with Gasteiger partial charge in [-0.15, -0.1) is 0 Å². The van der Waals surface area contributed by atoms with E-state index in [1.807, 2.05) is 24.4 Å². The van der Waals surface area contributed by atoms with Gasteiger partial charge in [-0.3, -0.25) is 4.98 Å². The van der Waals surface area contributed by atoms with Gasteiger partial charge in [0.1, 0.15) is 5.75 Å². The van der Waals surface area contributed by atoms with E-state index in [0.29, 0.717) is 0 Å². The van der Waals surface area contributed by atoms with Crippen LogP contribution in [0.1, 0.15) is 5.56 Å². The molecule has 0 saturated heterocycles. The third-order valence-electron chi connectivity index (χ3n) is 2.41. The molecule has 0 aliphatic heterocycles. The summed E-state index contributed by atoms with van der Waals surface area (Å²) in [5.74, 6) is 0.889. The molecule has 0 atom stereocenters. The van der Waals surface area contributed by atoms with Gasteiger partial charge in [-0.2, -0.15) is 0 Å². The molecule has 0 aliphatic carbocycles. The van der Waals surface area contributed by atoms with Gasteiger partial charge in [-0.1, -0.05) is 12.1 Å². The van der Waals surface area contributed by atoms with Crippen molar-refractivity contribution in [3.8, 4) is 16.9 Å². The van der Waals surface area contributed by atoms with Crippen molar-refractivity contribution in [3.63, 3.8) is 0 Å². The molecule has 1 heterocycles. The fourth-order valence-electron chi connectivity index (χ4n) is 1.61. The summed E-state index contributed by atoms with van der Waals surface area (Å²) in [4.78, 5) is 4.11. The third-order valence-corrected chi connectivity index (χ3v) is 2.41. The number of aromatic nitrogens is 1. The van der Waals surface area contributed by atoms with E-state index in [4.69, 9.17) is 4.74 Å². The number of aryl methyl sites for hydroxylation is 1. The van der Waals surface area contributed by atoms with Crippen LogP contribution in [0.3, 0.4) is 0 Å². The first-order chi connectivity index (χ1) is 7.31. The largest absolute Gasteiger partial charge is 0.497 e. The zero-order chi connectivity index (χ0) is 10.7. The quantitative estimate of drug-likeness (QED) is 0.741. The molecule has 0 radical (unpaired) electrons. The number of hydrogen-bond donors (Lipinski definition) is 0. The van der Waals surface area contributed by atoms with Crippen LogP contribution >= 0.6 is 0 Å². The van der Waals surface area contributed by atoms with Gasteiger partial charge in [0, 0.05) is 18.0 Å². The summed E-state index contributed by atoms with van der Waals surface area (Å²) in [5.41, 5.74) is 3.53. The highest BCUT2D eigenvalue weighted by Gasteiger charge is 2.02. The molecule has 0 fully saturated rings. The van der Waals surface area contributed by atoms with Crippen LogP contribution in [0.4, 0.5) is 0 Å². The van der Waals surface area contributed by atoms with Crippen molar-refractivity contribution in [3.05, 3.63) is 48.3 Å². The van der Waals surface area contributed by atoms with Crippen molar-refractivity contribution in [2.24, 2.45) is 0 Å². The molecule has 0 amide bonds. The minimum absolute atomic E-state index is 0.889. The zero-order valence-corrected chi connectivity index (χ0v) is 8.90. The Morgan fingerprint density at radius 2 is 2.07 bits per heavy atom. The first-order valence-electron chi connectivity index (χ1n) is 4.86. The molecule has 2 rings (SSSR count). The maximum atomic E-state index is 5.17. The van der Waals surface area contributed by atoms with Crippen LogP contribution in [0.25, 0.3) is 11.1 Å². The lowest BCUT2D eigenvalue weighted by molar-refractivity contribution is 0.414. The van der Waals surface area contributed by atoms with Crippen molar-refractivity contribution < 1.29 is 4.74 Å². The summed E-state index contributed by atoms with van der Waals surface area (Å²) >= 11 is 0. The molecule has 76 valence electrons. The Morgan fingerprint density at radius 3 is 2.67 bits per heavy atom. The summed E-state index contributed by atoms with van der Waals surface area (Å²) in [6.45, 7) is 2.07. The van der Waals surface area contributed by atoms with Crippen LogP contribution in [0.2, 0.25) is 0 Å². The molecule has 0 unspecified atom stereocenters. The smallest absolute Gasteiger partial charge is 0.119 e. The summed E-state index contributed by atoms with van der Waals surface area (Å²) in [5, 5.41) is 0. The molecule has 15 heavy (non-hydrogen) atoms. The fourth-order valence-corrected chi connectivity index (χ4v) is 1.61. The first kappa shape index (κ1) is 9.71. The highest BCUT2D eigenvalue weighted by atomic mass is 16.5. The molecular formula is C13H13NO. The lowest BCUT2D eigenvalue weighted by atomic mass is 10.0. The normalized spacial score (nSPS) is 10.0. The number of nitrogens with zero attached hydrogens (tertiary/aromatic N) is 1. The van der Waals surface area contributed by atoms with Crippen molar-refractivity contribution in [1.82, 2.24) is 4.98 Å². The van der Waals surface area contributed by atoms with Gasteiger partial charge < -0.3 is 4.74 Å². The van der Waals surface area contributed by atoms with Crippen molar-refractivity contribution in [2.45, 2.75) is 6.92 Å². The zero-order valence-electron chi connectivity index (χ0n) is 8.90. The number of pyridine rings is 1. The highest BCUT2D eigenvalue weighted by molar-refractivity contribution is 5.67. The molecule has 0 saturated carbocycles. The second-order valence-electron chi connectivity index (χ2n) is 3.42. The highest BCUT2D eigenvalue weighted by Crippen LogP contribution is 2.25. The lowest BCUT2D eigenvalue weighted by Gasteiger charge is -2.07. The summed E-state index contributed by atoms with van der Waals surface area (Å²) in [6.07, 6.45) is 3.65. The minimum atomic E-state index is 0.889. The van der Waals surface area contributed by atoms with Gasteiger partial charge >= 0.3 is 0 Å². The van der Waals surface area contributed by atoms with E-state index >= 15 is 0 Å². The Morgan fingerprint density at radius 1 is 1.20 bits per heavy atom. The van der Waals surface area contributed by atoms with Gasteiger partial charge in [-0.05, 0) is 36.2 Å². The number of rotatable bonds is 2. The third kappa shape index (κ3) is 1.99. The molecular weight excluding hydrogens is 186 g/mol. The van der Waals surface area contributed by atoms with Crippen LogP contribution in [0, 0.1) is 6.92 Å². The maximum Gasteiger partial charge on any atom is 0.119 e. The Bertz CT molecular complexity index is 451. The Balaban J connectivity index is 2.46. The van der Waals surface area contributed by atoms with E-state index < -0.39 is 0 Å². The van der Waals surface area contributed by atoms with Crippen LogP contribution in [0.5, 0.6) is 5.75 Å². The van der Waals surface area contributed by atoms with Crippen molar-refractivity contribution >= 4 is 0 Å². The molecule has 0 spiro atoms. The molecule has 2 heteroatoms.